The lowest BCUT2D eigenvalue weighted by molar-refractivity contribution is 0.167. The van der Waals surface area contributed by atoms with E-state index in [9.17, 15) is 0 Å². The van der Waals surface area contributed by atoms with E-state index < -0.39 is 0 Å². The molecular weight excluding hydrogens is 114 g/mol. The van der Waals surface area contributed by atoms with Gasteiger partial charge in [-0.15, -0.1) is 0 Å². The molecule has 3 heteroatoms. The highest BCUT2D eigenvalue weighted by atomic mass is 35.5. The average molecular weight is 122 g/mol. The quantitative estimate of drug-likeness (QED) is 0.554. The first-order valence-electron chi connectivity index (χ1n) is 1.91. The Hall–Kier alpha value is -0.0500. The second-order valence-electron chi connectivity index (χ2n) is 1.12. The summed E-state index contributed by atoms with van der Waals surface area (Å²) < 4.78 is 0. The van der Waals surface area contributed by atoms with Crippen LogP contribution in [0.4, 0.5) is 0 Å². The van der Waals surface area contributed by atoms with Crippen LogP contribution in [-0.4, -0.2) is 6.61 Å². The van der Waals surface area contributed by atoms with E-state index in [4.69, 9.17) is 11.6 Å². The fourth-order valence-electron chi connectivity index (χ4n) is 0.163. The third kappa shape index (κ3) is 5.95. The van der Waals surface area contributed by atoms with Crippen LogP contribution in [0, 0.1) is 0 Å². The molecule has 7 heavy (non-hydrogen) atoms. The first-order valence-corrected chi connectivity index (χ1v) is 2.29. The van der Waals surface area contributed by atoms with Crippen LogP contribution in [0.25, 0.3) is 0 Å². The summed E-state index contributed by atoms with van der Waals surface area (Å²) in [6.07, 6.45) is 1.68. The Morgan fingerprint density at radius 1 is 2.00 bits per heavy atom. The molecule has 2 nitrogen and oxygen atoms in total. The SMILES string of the molecule is C/C(Cl)=C\CON. The fraction of sp³-hybridized carbons (Fsp3) is 0.500. The zero-order valence-corrected chi connectivity index (χ0v) is 4.90. The Labute approximate surface area is 47.9 Å². The monoisotopic (exact) mass is 121 g/mol. The standard InChI is InChI=1S/C4H8ClNO/c1-4(5)2-3-7-6/h2H,3,6H2,1H3/b4-2+. The predicted octanol–water partition coefficient (Wildman–Crippen LogP) is 1.02. The first kappa shape index (κ1) is 6.95. The number of hydrogen-bond acceptors (Lipinski definition) is 2. The topological polar surface area (TPSA) is 35.2 Å². The van der Waals surface area contributed by atoms with E-state index in [-0.39, 0.29) is 0 Å². The molecule has 0 atom stereocenters. The molecule has 0 saturated heterocycles. The molecule has 0 aromatic carbocycles. The third-order valence-corrected chi connectivity index (χ3v) is 0.615. The van der Waals surface area contributed by atoms with Gasteiger partial charge in [0.1, 0.15) is 0 Å². The molecule has 0 aromatic heterocycles. The van der Waals surface area contributed by atoms with Crippen LogP contribution in [0.5, 0.6) is 0 Å². The molecule has 0 radical (unpaired) electrons. The van der Waals surface area contributed by atoms with Crippen LogP contribution in [0.2, 0.25) is 0 Å². The van der Waals surface area contributed by atoms with E-state index in [1.807, 2.05) is 0 Å². The maximum atomic E-state index is 5.38. The summed E-state index contributed by atoms with van der Waals surface area (Å²) in [7, 11) is 0. The Morgan fingerprint density at radius 2 is 2.57 bits per heavy atom. The van der Waals surface area contributed by atoms with Crippen molar-refractivity contribution in [2.24, 2.45) is 5.90 Å². The molecular formula is C4H8ClNO. The summed E-state index contributed by atoms with van der Waals surface area (Å²) in [5, 5.41) is 0.699. The van der Waals surface area contributed by atoms with Gasteiger partial charge in [-0.1, -0.05) is 11.6 Å². The number of rotatable bonds is 2. The zero-order chi connectivity index (χ0) is 5.70. The molecule has 0 saturated carbocycles. The maximum absolute atomic E-state index is 5.38. The van der Waals surface area contributed by atoms with E-state index in [0.717, 1.165) is 0 Å². The Bertz CT molecular complexity index is 68.1. The van der Waals surface area contributed by atoms with E-state index in [1.165, 1.54) is 0 Å². The van der Waals surface area contributed by atoms with Gasteiger partial charge in [0.2, 0.25) is 0 Å². The molecule has 0 aliphatic carbocycles. The molecule has 0 heterocycles. The fourth-order valence-corrected chi connectivity index (χ4v) is 0.226. The molecule has 0 unspecified atom stereocenters. The van der Waals surface area contributed by atoms with Gasteiger partial charge in [0, 0.05) is 5.03 Å². The van der Waals surface area contributed by atoms with Crippen molar-refractivity contribution in [1.29, 1.82) is 0 Å². The van der Waals surface area contributed by atoms with Crippen LogP contribution in [0.1, 0.15) is 6.92 Å². The van der Waals surface area contributed by atoms with Gasteiger partial charge in [0.25, 0.3) is 0 Å². The Balaban J connectivity index is 3.08. The van der Waals surface area contributed by atoms with Crippen LogP contribution in [-0.2, 0) is 4.84 Å². The van der Waals surface area contributed by atoms with Crippen molar-refractivity contribution in [2.75, 3.05) is 6.61 Å². The highest BCUT2D eigenvalue weighted by Crippen LogP contribution is 1.95. The second-order valence-corrected chi connectivity index (χ2v) is 1.72. The van der Waals surface area contributed by atoms with Gasteiger partial charge >= 0.3 is 0 Å². The summed E-state index contributed by atoms with van der Waals surface area (Å²) in [5.41, 5.74) is 0. The molecule has 0 aliphatic rings. The molecule has 0 spiro atoms. The average Bonchev–Trinajstić information content (AvgIpc) is 1.61. The summed E-state index contributed by atoms with van der Waals surface area (Å²) in [6.45, 7) is 2.15. The number of hydrogen-bond donors (Lipinski definition) is 1. The maximum Gasteiger partial charge on any atom is 0.0874 e. The number of halogens is 1. The molecule has 0 fully saturated rings. The zero-order valence-electron chi connectivity index (χ0n) is 4.15. The smallest absolute Gasteiger partial charge is 0.0874 e. The van der Waals surface area contributed by atoms with Gasteiger partial charge in [-0.25, -0.2) is 5.90 Å². The van der Waals surface area contributed by atoms with Gasteiger partial charge < -0.3 is 4.84 Å². The highest BCUT2D eigenvalue weighted by Gasteiger charge is 1.75. The van der Waals surface area contributed by atoms with E-state index in [2.05, 4.69) is 10.7 Å². The molecule has 0 rings (SSSR count). The summed E-state index contributed by atoms with van der Waals surface area (Å²) in [5.74, 6) is 4.67. The van der Waals surface area contributed by atoms with Gasteiger partial charge in [-0.2, -0.15) is 0 Å². The normalized spacial score (nSPS) is 12.1. The minimum Gasteiger partial charge on any atom is -0.300 e. The van der Waals surface area contributed by atoms with Gasteiger partial charge in [-0.05, 0) is 13.0 Å². The first-order chi connectivity index (χ1) is 3.27. The van der Waals surface area contributed by atoms with Gasteiger partial charge in [0.15, 0.2) is 0 Å². The number of nitrogens with two attached hydrogens (primary N) is 1. The lowest BCUT2D eigenvalue weighted by atomic mass is 10.5. The van der Waals surface area contributed by atoms with Crippen molar-refractivity contribution in [3.05, 3.63) is 11.1 Å². The van der Waals surface area contributed by atoms with Crippen LogP contribution in [0.3, 0.4) is 0 Å². The van der Waals surface area contributed by atoms with E-state index in [0.29, 0.717) is 11.6 Å². The molecule has 42 valence electrons. The Morgan fingerprint density at radius 3 is 2.71 bits per heavy atom. The van der Waals surface area contributed by atoms with Crippen molar-refractivity contribution in [3.63, 3.8) is 0 Å². The molecule has 0 aliphatic heterocycles. The van der Waals surface area contributed by atoms with Gasteiger partial charge in [0.05, 0.1) is 6.61 Å². The molecule has 0 bridgehead atoms. The minimum absolute atomic E-state index is 0.384. The Kier molecular flexibility index (Phi) is 4.09. The molecule has 2 N–H and O–H groups in total. The van der Waals surface area contributed by atoms with Crippen molar-refractivity contribution in [2.45, 2.75) is 6.92 Å². The lowest BCUT2D eigenvalue weighted by Crippen LogP contribution is -1.97. The summed E-state index contributed by atoms with van der Waals surface area (Å²) >= 11 is 5.38. The van der Waals surface area contributed by atoms with E-state index in [1.54, 1.807) is 13.0 Å². The summed E-state index contributed by atoms with van der Waals surface area (Å²) in [6, 6.07) is 0. The second kappa shape index (κ2) is 4.12. The predicted molar refractivity (Wildman–Crippen MR) is 29.7 cm³/mol. The van der Waals surface area contributed by atoms with Crippen LogP contribution < -0.4 is 5.90 Å². The van der Waals surface area contributed by atoms with Crippen molar-refractivity contribution in [1.82, 2.24) is 0 Å². The van der Waals surface area contributed by atoms with E-state index >= 15 is 0 Å². The molecule has 0 aromatic rings. The molecule has 0 amide bonds. The lowest BCUT2D eigenvalue weighted by Gasteiger charge is -1.85. The van der Waals surface area contributed by atoms with Gasteiger partial charge in [-0.3, -0.25) is 0 Å². The minimum atomic E-state index is 0.384. The number of allylic oxidation sites excluding steroid dienone is 1. The van der Waals surface area contributed by atoms with Crippen molar-refractivity contribution >= 4 is 11.6 Å². The highest BCUT2D eigenvalue weighted by molar-refractivity contribution is 6.29. The third-order valence-electron chi connectivity index (χ3n) is 0.461. The van der Waals surface area contributed by atoms with Crippen molar-refractivity contribution < 1.29 is 4.84 Å². The summed E-state index contributed by atoms with van der Waals surface area (Å²) in [4.78, 5) is 4.19. The largest absolute Gasteiger partial charge is 0.300 e. The van der Waals surface area contributed by atoms with Crippen LogP contribution >= 0.6 is 11.6 Å². The van der Waals surface area contributed by atoms with Crippen molar-refractivity contribution in [3.8, 4) is 0 Å². The van der Waals surface area contributed by atoms with Crippen LogP contribution in [0.15, 0.2) is 11.1 Å².